The predicted molar refractivity (Wildman–Crippen MR) is 148 cm³/mol. The molecule has 4 rings (SSSR count). The maximum Gasteiger partial charge on any atom is 0.372 e. The molecule has 3 aromatic rings. The number of ether oxygens (including phenoxy) is 1. The SMILES string of the molecule is O.O.O.O.O.O.O.O.O.O.O=C(O)c1nc(=O)[nH]c(=O)[nH]1.O=c1[nH]c(=O)n(C2CCCO2)cc1F.O=c1cc(O)c(Cl)c[nH]1. The fourth-order valence-corrected chi connectivity index (χ4v) is 2.50. The predicted octanol–water partition coefficient (Wildman–Crippen LogP) is -9.37. The minimum Gasteiger partial charge on any atom is -0.506 e. The van der Waals surface area contributed by atoms with Crippen LogP contribution in [0.1, 0.15) is 29.7 Å². The van der Waals surface area contributed by atoms with Crippen molar-refractivity contribution in [2.45, 2.75) is 19.1 Å². The van der Waals surface area contributed by atoms with Crippen LogP contribution in [0.15, 0.2) is 42.4 Å². The van der Waals surface area contributed by atoms with Crippen LogP contribution in [0, 0.1) is 5.82 Å². The van der Waals surface area contributed by atoms with Gasteiger partial charge in [-0.25, -0.2) is 19.2 Å². The zero-order chi connectivity index (χ0) is 25.4. The molecule has 1 saturated heterocycles. The van der Waals surface area contributed by atoms with E-state index in [1.165, 1.54) is 6.20 Å². The van der Waals surface area contributed by atoms with Crippen LogP contribution in [0.3, 0.4) is 0 Å². The molecular formula is C17H36ClFN6O19. The summed E-state index contributed by atoms with van der Waals surface area (Å²) in [6.07, 6.45) is 3.16. The third kappa shape index (κ3) is 18.7. The Morgan fingerprint density at radius 3 is 1.91 bits per heavy atom. The summed E-state index contributed by atoms with van der Waals surface area (Å²) in [5.74, 6) is -3.28. The molecule has 0 spiro atoms. The Balaban J connectivity index is -0.0000000545. The van der Waals surface area contributed by atoms with Gasteiger partial charge in [-0.2, -0.15) is 9.37 Å². The molecule has 1 atom stereocenters. The van der Waals surface area contributed by atoms with E-state index in [-0.39, 0.29) is 71.1 Å². The molecule has 262 valence electrons. The van der Waals surface area contributed by atoms with Crippen molar-refractivity contribution in [3.05, 3.63) is 87.3 Å². The summed E-state index contributed by atoms with van der Waals surface area (Å²) < 4.78 is 19.1. The molecule has 0 bridgehead atoms. The summed E-state index contributed by atoms with van der Waals surface area (Å²) >= 11 is 5.36. The van der Waals surface area contributed by atoms with Gasteiger partial charge in [0.1, 0.15) is 12.0 Å². The number of nitrogens with one attached hydrogen (secondary N) is 4. The van der Waals surface area contributed by atoms with Crippen molar-refractivity contribution in [1.29, 1.82) is 0 Å². The number of halogens is 2. The minimum absolute atomic E-state index is 0. The number of aromatic amines is 4. The van der Waals surface area contributed by atoms with Crippen molar-refractivity contribution in [3.63, 3.8) is 0 Å². The summed E-state index contributed by atoms with van der Waals surface area (Å²) in [6.45, 7) is 0.553. The number of nitrogens with zero attached hydrogens (tertiary/aromatic N) is 2. The lowest BCUT2D eigenvalue weighted by molar-refractivity contribution is 0.0517. The molecule has 3 aromatic heterocycles. The number of hydrogen-bond donors (Lipinski definition) is 6. The van der Waals surface area contributed by atoms with E-state index in [9.17, 15) is 33.2 Å². The number of aromatic nitrogens is 6. The topological polar surface area (TPSA) is 548 Å². The van der Waals surface area contributed by atoms with Gasteiger partial charge in [0.25, 0.3) is 11.1 Å². The highest BCUT2D eigenvalue weighted by Crippen LogP contribution is 2.20. The number of pyridine rings is 1. The van der Waals surface area contributed by atoms with Gasteiger partial charge in [-0.05, 0) is 12.8 Å². The molecule has 1 aliphatic rings. The van der Waals surface area contributed by atoms with Crippen molar-refractivity contribution >= 4 is 17.6 Å². The zero-order valence-electron chi connectivity index (χ0n) is 21.8. The molecule has 27 heteroatoms. The molecule has 0 aliphatic carbocycles. The largest absolute Gasteiger partial charge is 0.506 e. The molecule has 25 nitrogen and oxygen atoms in total. The highest BCUT2D eigenvalue weighted by Gasteiger charge is 2.19. The van der Waals surface area contributed by atoms with E-state index in [4.69, 9.17) is 26.6 Å². The number of H-pyrrole nitrogens is 4. The lowest BCUT2D eigenvalue weighted by Crippen LogP contribution is -2.33. The monoisotopic (exact) mass is 682 g/mol. The van der Waals surface area contributed by atoms with Crippen molar-refractivity contribution in [2.24, 2.45) is 0 Å². The molecule has 0 amide bonds. The highest BCUT2D eigenvalue weighted by molar-refractivity contribution is 6.31. The van der Waals surface area contributed by atoms with E-state index in [2.05, 4.69) is 9.97 Å². The van der Waals surface area contributed by atoms with Crippen molar-refractivity contribution in [3.8, 4) is 5.75 Å². The number of aromatic hydroxyl groups is 1. The smallest absolute Gasteiger partial charge is 0.372 e. The van der Waals surface area contributed by atoms with Crippen LogP contribution < -0.4 is 28.2 Å². The molecular weight excluding hydrogens is 647 g/mol. The number of aromatic carboxylic acids is 1. The summed E-state index contributed by atoms with van der Waals surface area (Å²) in [5.41, 5.74) is -3.86. The Bertz CT molecular complexity index is 1440. The molecule has 4 heterocycles. The third-order valence-electron chi connectivity index (χ3n) is 3.86. The maximum atomic E-state index is 12.9. The molecule has 26 N–H and O–H groups in total. The van der Waals surface area contributed by atoms with Gasteiger partial charge < -0.3 is 74.7 Å². The third-order valence-corrected chi connectivity index (χ3v) is 4.16. The van der Waals surface area contributed by atoms with Crippen molar-refractivity contribution < 1.29 is 78.9 Å². The van der Waals surface area contributed by atoms with Crippen LogP contribution in [0.2, 0.25) is 5.02 Å². The first-order chi connectivity index (χ1) is 16.0. The van der Waals surface area contributed by atoms with Gasteiger partial charge in [0.15, 0.2) is 0 Å². The fraction of sp³-hybridized carbons (Fsp3) is 0.235. The van der Waals surface area contributed by atoms with Crippen LogP contribution >= 0.6 is 11.6 Å². The minimum atomic E-state index is -1.45. The maximum absolute atomic E-state index is 12.9. The number of carboxylic acid groups (broad SMARTS) is 1. The van der Waals surface area contributed by atoms with Gasteiger partial charge >= 0.3 is 23.0 Å². The summed E-state index contributed by atoms with van der Waals surface area (Å²) in [6, 6.07) is 1.02. The molecule has 1 aliphatic heterocycles. The fourth-order valence-electron chi connectivity index (χ4n) is 2.39. The van der Waals surface area contributed by atoms with Crippen molar-refractivity contribution in [1.82, 2.24) is 29.5 Å². The van der Waals surface area contributed by atoms with Crippen LogP contribution in [0.25, 0.3) is 0 Å². The van der Waals surface area contributed by atoms with Crippen molar-refractivity contribution in [2.75, 3.05) is 6.61 Å². The van der Waals surface area contributed by atoms with Gasteiger partial charge in [-0.1, -0.05) is 11.6 Å². The molecule has 1 fully saturated rings. The van der Waals surface area contributed by atoms with Gasteiger partial charge in [-0.3, -0.25) is 29.1 Å². The standard InChI is InChI=1S/C8H9FN2O3.C5H4ClNO2.C4H3N3O4.10H2O/c9-5-4-11(6-2-1-3-14-6)8(13)10-7(5)12;6-3-2-7-5(9)1-4(3)8;8-2(9)1-5-3(10)7-4(11)6-1;;;;;;;;;;/h4,6H,1-3H2,(H,10,12,13);1-2H,(H2,7,8,9);(H,8,9)(H2,5,6,7,10,11);10*1H2. The molecule has 44 heavy (non-hydrogen) atoms. The second-order valence-corrected chi connectivity index (χ2v) is 6.70. The Morgan fingerprint density at radius 2 is 1.50 bits per heavy atom. The first kappa shape index (κ1) is 62.8. The number of carbonyl (C=O) groups is 1. The van der Waals surface area contributed by atoms with E-state index < -0.39 is 46.5 Å². The average Bonchev–Trinajstić information content (AvgIpc) is 3.28. The first-order valence-electron chi connectivity index (χ1n) is 9.11. The molecule has 1 unspecified atom stereocenters. The Kier molecular flexibility index (Phi) is 40.5. The normalized spacial score (nSPS) is 11.1. The number of hydrogen-bond acceptors (Lipinski definition) is 9. The van der Waals surface area contributed by atoms with E-state index in [0.717, 1.165) is 23.3 Å². The summed E-state index contributed by atoms with van der Waals surface area (Å²) in [5, 5.41) is 17.1. The van der Waals surface area contributed by atoms with Gasteiger partial charge in [-0.15, -0.1) is 0 Å². The lowest BCUT2D eigenvalue weighted by Gasteiger charge is -2.11. The van der Waals surface area contributed by atoms with Gasteiger partial charge in [0, 0.05) is 18.9 Å². The second kappa shape index (κ2) is 28.4. The highest BCUT2D eigenvalue weighted by atomic mass is 35.5. The molecule has 0 saturated carbocycles. The van der Waals surface area contributed by atoms with Gasteiger partial charge in [0.05, 0.1) is 11.2 Å². The number of rotatable bonds is 2. The second-order valence-electron chi connectivity index (χ2n) is 6.29. The Labute approximate surface area is 245 Å². The van der Waals surface area contributed by atoms with E-state index in [0.29, 0.717) is 13.0 Å². The lowest BCUT2D eigenvalue weighted by atomic mass is 10.3. The summed E-state index contributed by atoms with van der Waals surface area (Å²) in [4.78, 5) is 73.9. The van der Waals surface area contributed by atoms with Crippen LogP contribution in [0.5, 0.6) is 5.75 Å². The van der Waals surface area contributed by atoms with E-state index in [1.54, 1.807) is 4.98 Å². The molecule has 0 radical (unpaired) electrons. The van der Waals surface area contributed by atoms with Crippen LogP contribution in [0.4, 0.5) is 4.39 Å². The average molecular weight is 683 g/mol. The van der Waals surface area contributed by atoms with Crippen LogP contribution in [-0.4, -0.2) is 107 Å². The Morgan fingerprint density at radius 1 is 0.955 bits per heavy atom. The van der Waals surface area contributed by atoms with E-state index >= 15 is 0 Å². The Hall–Kier alpha value is -4.71. The quantitative estimate of drug-likeness (QED) is 0.148. The van der Waals surface area contributed by atoms with Gasteiger partial charge in [0.2, 0.25) is 11.6 Å². The zero-order valence-corrected chi connectivity index (χ0v) is 22.6. The molecule has 0 aromatic carbocycles. The van der Waals surface area contributed by atoms with E-state index in [1.807, 2.05) is 9.97 Å². The summed E-state index contributed by atoms with van der Waals surface area (Å²) in [7, 11) is 0. The number of carboxylic acids is 1. The van der Waals surface area contributed by atoms with Crippen LogP contribution in [-0.2, 0) is 4.74 Å². The first-order valence-corrected chi connectivity index (χ1v) is 9.49.